The summed E-state index contributed by atoms with van der Waals surface area (Å²) < 4.78 is 27.8. The lowest BCUT2D eigenvalue weighted by molar-refractivity contribution is -0.126. The van der Waals surface area contributed by atoms with Crippen molar-refractivity contribution in [2.75, 3.05) is 13.1 Å². The highest BCUT2D eigenvalue weighted by Gasteiger charge is 2.36. The van der Waals surface area contributed by atoms with Gasteiger partial charge in [0.1, 0.15) is 6.04 Å². The number of nitrogens with one attached hydrogen (secondary N) is 2. The average Bonchev–Trinajstić information content (AvgIpc) is 3.00. The first-order valence-corrected chi connectivity index (χ1v) is 11.2. The molecule has 0 fully saturated rings. The highest BCUT2D eigenvalue weighted by Crippen LogP contribution is 2.23. The van der Waals surface area contributed by atoms with Crippen LogP contribution in [0.3, 0.4) is 0 Å². The fourth-order valence-corrected chi connectivity index (χ4v) is 4.44. The molecule has 0 spiro atoms. The highest BCUT2D eigenvalue weighted by molar-refractivity contribution is 7.89. The van der Waals surface area contributed by atoms with Crippen molar-refractivity contribution in [1.82, 2.24) is 14.9 Å². The Hall–Kier alpha value is -3.57. The maximum absolute atomic E-state index is 12.8. The predicted octanol–water partition coefficient (Wildman–Crippen LogP) is -0.0703. The molecule has 3 rings (SSSR count). The lowest BCUT2D eigenvalue weighted by Gasteiger charge is -2.21. The molecule has 168 valence electrons. The standard InChI is InChI=1S/C21H22N4O6S/c1-13-6-8-14(9-7-13)32(30,31)24-17(19(27)23-12-18(22)26)10-11-25-20(28)15-4-2-3-5-16(15)21(25)29/h2-9,17,24H,10-12H2,1H3,(H2,22,26)(H,23,27)/t17-/m0/s1. The zero-order valence-corrected chi connectivity index (χ0v) is 18.0. The van der Waals surface area contributed by atoms with Gasteiger partial charge in [-0.25, -0.2) is 8.42 Å². The van der Waals surface area contributed by atoms with Gasteiger partial charge >= 0.3 is 0 Å². The smallest absolute Gasteiger partial charge is 0.261 e. The minimum absolute atomic E-state index is 0.0588. The normalized spacial score (nSPS) is 14.2. The van der Waals surface area contributed by atoms with Crippen molar-refractivity contribution in [2.45, 2.75) is 24.3 Å². The Morgan fingerprint density at radius 3 is 2.09 bits per heavy atom. The van der Waals surface area contributed by atoms with Gasteiger partial charge in [-0.1, -0.05) is 29.8 Å². The quantitative estimate of drug-likeness (QED) is 0.447. The molecular formula is C21H22N4O6S. The summed E-state index contributed by atoms with van der Waals surface area (Å²) in [6, 6.07) is 10.9. The molecule has 0 aliphatic carbocycles. The summed E-state index contributed by atoms with van der Waals surface area (Å²) in [5, 5.41) is 2.25. The summed E-state index contributed by atoms with van der Waals surface area (Å²) in [6.07, 6.45) is -0.207. The number of amides is 4. The number of nitrogens with zero attached hydrogens (tertiary/aromatic N) is 1. The minimum Gasteiger partial charge on any atom is -0.368 e. The summed E-state index contributed by atoms with van der Waals surface area (Å²) in [5.74, 6) is -2.67. The summed E-state index contributed by atoms with van der Waals surface area (Å²) in [6.45, 7) is 1.10. The lowest BCUT2D eigenvalue weighted by Crippen LogP contribution is -2.50. The summed E-state index contributed by atoms with van der Waals surface area (Å²) in [7, 11) is -4.10. The zero-order chi connectivity index (χ0) is 23.5. The molecule has 10 nitrogen and oxygen atoms in total. The van der Waals surface area contributed by atoms with Crippen molar-refractivity contribution >= 4 is 33.7 Å². The molecule has 0 unspecified atom stereocenters. The maximum Gasteiger partial charge on any atom is 0.261 e. The Balaban J connectivity index is 1.78. The molecule has 11 heteroatoms. The number of fused-ring (bicyclic) bond motifs is 1. The van der Waals surface area contributed by atoms with Crippen LogP contribution >= 0.6 is 0 Å². The van der Waals surface area contributed by atoms with Crippen molar-refractivity contribution in [3.8, 4) is 0 Å². The third-order valence-corrected chi connectivity index (χ3v) is 6.39. The molecule has 4 amide bonds. The molecule has 1 aliphatic rings. The van der Waals surface area contributed by atoms with Gasteiger partial charge in [0.05, 0.1) is 22.6 Å². The fourth-order valence-electron chi connectivity index (χ4n) is 3.21. The lowest BCUT2D eigenvalue weighted by atomic mass is 10.1. The van der Waals surface area contributed by atoms with E-state index in [4.69, 9.17) is 5.73 Å². The second-order valence-electron chi connectivity index (χ2n) is 7.27. The van der Waals surface area contributed by atoms with Crippen LogP contribution in [0.4, 0.5) is 0 Å². The molecule has 2 aromatic rings. The van der Waals surface area contributed by atoms with Crippen LogP contribution in [0, 0.1) is 6.92 Å². The largest absolute Gasteiger partial charge is 0.368 e. The number of aryl methyl sites for hydroxylation is 1. The number of hydrogen-bond acceptors (Lipinski definition) is 6. The fraction of sp³-hybridized carbons (Fsp3) is 0.238. The van der Waals surface area contributed by atoms with Crippen LogP contribution in [0.25, 0.3) is 0 Å². The van der Waals surface area contributed by atoms with E-state index in [0.717, 1.165) is 10.5 Å². The first-order chi connectivity index (χ1) is 15.1. The second kappa shape index (κ2) is 9.28. The van der Waals surface area contributed by atoms with Crippen LogP contribution in [0.5, 0.6) is 0 Å². The molecule has 0 saturated carbocycles. The van der Waals surface area contributed by atoms with E-state index < -0.39 is 46.2 Å². The molecular weight excluding hydrogens is 436 g/mol. The Morgan fingerprint density at radius 2 is 1.56 bits per heavy atom. The molecule has 0 bridgehead atoms. The van der Waals surface area contributed by atoms with Gasteiger partial charge in [0.2, 0.25) is 21.8 Å². The number of sulfonamides is 1. The van der Waals surface area contributed by atoms with Gasteiger partial charge in [0.15, 0.2) is 0 Å². The minimum atomic E-state index is -4.10. The van der Waals surface area contributed by atoms with Crippen LogP contribution in [-0.2, 0) is 19.6 Å². The Bertz CT molecular complexity index is 1140. The number of carbonyl (C=O) groups excluding carboxylic acids is 4. The molecule has 32 heavy (non-hydrogen) atoms. The van der Waals surface area contributed by atoms with Gasteiger partial charge in [-0.15, -0.1) is 0 Å². The van der Waals surface area contributed by atoms with Gasteiger partial charge in [0.25, 0.3) is 11.8 Å². The summed E-state index contributed by atoms with van der Waals surface area (Å²) in [4.78, 5) is 49.6. The van der Waals surface area contributed by atoms with Crippen molar-refractivity contribution in [3.05, 3.63) is 65.2 Å². The van der Waals surface area contributed by atoms with E-state index in [-0.39, 0.29) is 29.0 Å². The number of benzene rings is 2. The van der Waals surface area contributed by atoms with E-state index in [1.54, 1.807) is 31.2 Å². The summed E-state index contributed by atoms with van der Waals surface area (Å²) >= 11 is 0. The Kier molecular flexibility index (Phi) is 6.70. The van der Waals surface area contributed by atoms with Gasteiger partial charge in [-0.05, 0) is 37.6 Å². The SMILES string of the molecule is Cc1ccc(S(=O)(=O)N[C@@H](CCN2C(=O)c3ccccc3C2=O)C(=O)NCC(N)=O)cc1. The van der Waals surface area contributed by atoms with Gasteiger partial charge in [0, 0.05) is 6.54 Å². The first kappa shape index (κ1) is 23.1. The number of carbonyl (C=O) groups is 4. The van der Waals surface area contributed by atoms with Crippen LogP contribution in [-0.4, -0.2) is 56.1 Å². The first-order valence-electron chi connectivity index (χ1n) is 9.70. The Morgan fingerprint density at radius 1 is 1.00 bits per heavy atom. The van der Waals surface area contributed by atoms with Gasteiger partial charge in [-0.2, -0.15) is 4.72 Å². The zero-order valence-electron chi connectivity index (χ0n) is 17.2. The maximum atomic E-state index is 12.8. The van der Waals surface area contributed by atoms with Gasteiger partial charge < -0.3 is 11.1 Å². The third kappa shape index (κ3) is 5.01. The Labute approximate surface area is 184 Å². The highest BCUT2D eigenvalue weighted by atomic mass is 32.2. The van der Waals surface area contributed by atoms with E-state index in [0.29, 0.717) is 0 Å². The topological polar surface area (TPSA) is 156 Å². The number of imide groups is 1. The number of hydrogen-bond donors (Lipinski definition) is 3. The molecule has 1 atom stereocenters. The molecule has 0 radical (unpaired) electrons. The van der Waals surface area contributed by atoms with Gasteiger partial charge in [-0.3, -0.25) is 24.1 Å². The molecule has 0 aromatic heterocycles. The van der Waals surface area contributed by atoms with E-state index in [1.807, 2.05) is 0 Å². The molecule has 4 N–H and O–H groups in total. The van der Waals surface area contributed by atoms with E-state index in [2.05, 4.69) is 10.0 Å². The molecule has 0 saturated heterocycles. The summed E-state index contributed by atoms with van der Waals surface area (Å²) in [5.41, 5.74) is 6.38. The number of primary amides is 1. The predicted molar refractivity (Wildman–Crippen MR) is 114 cm³/mol. The van der Waals surface area contributed by atoms with Crippen molar-refractivity contribution in [1.29, 1.82) is 0 Å². The van der Waals surface area contributed by atoms with Crippen LogP contribution in [0.2, 0.25) is 0 Å². The monoisotopic (exact) mass is 458 g/mol. The average molecular weight is 458 g/mol. The number of rotatable bonds is 9. The third-order valence-electron chi connectivity index (χ3n) is 4.90. The van der Waals surface area contributed by atoms with E-state index in [1.165, 1.54) is 24.3 Å². The van der Waals surface area contributed by atoms with Crippen molar-refractivity contribution < 1.29 is 27.6 Å². The van der Waals surface area contributed by atoms with Crippen LogP contribution in [0.15, 0.2) is 53.4 Å². The van der Waals surface area contributed by atoms with E-state index in [9.17, 15) is 27.6 Å². The molecule has 1 heterocycles. The van der Waals surface area contributed by atoms with E-state index >= 15 is 0 Å². The second-order valence-corrected chi connectivity index (χ2v) is 8.98. The number of nitrogens with two attached hydrogens (primary N) is 1. The van der Waals surface area contributed by atoms with Crippen LogP contribution < -0.4 is 15.8 Å². The molecule has 1 aliphatic heterocycles. The van der Waals surface area contributed by atoms with Crippen LogP contribution in [0.1, 0.15) is 32.7 Å². The van der Waals surface area contributed by atoms with Crippen molar-refractivity contribution in [3.63, 3.8) is 0 Å². The molecule has 2 aromatic carbocycles. The van der Waals surface area contributed by atoms with Crippen molar-refractivity contribution in [2.24, 2.45) is 5.73 Å².